The number of carbonyl (C=O) groups is 1. The quantitative estimate of drug-likeness (QED) is 0.528. The summed E-state index contributed by atoms with van der Waals surface area (Å²) in [5, 5.41) is 4.14. The number of nitrogens with zero attached hydrogens (tertiary/aromatic N) is 2. The van der Waals surface area contributed by atoms with Crippen LogP contribution in [0.25, 0.3) is 5.69 Å². The molecule has 1 N–H and O–H groups in total. The number of benzene rings is 2. The van der Waals surface area contributed by atoms with Crippen LogP contribution in [0.15, 0.2) is 53.6 Å². The van der Waals surface area contributed by atoms with Crippen molar-refractivity contribution in [1.29, 1.82) is 0 Å². The average Bonchev–Trinajstić information content (AvgIpc) is 2.97. The third-order valence-electron chi connectivity index (χ3n) is 4.92. The normalized spacial score (nSPS) is 11.0. The highest BCUT2D eigenvalue weighted by Gasteiger charge is 2.10. The Labute approximate surface area is 165 Å². The fourth-order valence-corrected chi connectivity index (χ4v) is 3.17. The summed E-state index contributed by atoms with van der Waals surface area (Å²) < 4.78 is 7.34. The van der Waals surface area contributed by atoms with Gasteiger partial charge in [0.15, 0.2) is 0 Å². The lowest BCUT2D eigenvalue weighted by Crippen LogP contribution is -2.17. The largest absolute Gasteiger partial charge is 0.497 e. The number of hydrazone groups is 1. The fourth-order valence-electron chi connectivity index (χ4n) is 3.17. The number of hydrogen-bond donors (Lipinski definition) is 1. The van der Waals surface area contributed by atoms with E-state index in [-0.39, 0.29) is 5.91 Å². The van der Waals surface area contributed by atoms with E-state index in [0.717, 1.165) is 22.6 Å². The first-order valence-electron chi connectivity index (χ1n) is 9.14. The van der Waals surface area contributed by atoms with E-state index in [9.17, 15) is 4.79 Å². The zero-order valence-electron chi connectivity index (χ0n) is 16.9. The van der Waals surface area contributed by atoms with Crippen LogP contribution in [-0.2, 0) is 0 Å². The van der Waals surface area contributed by atoms with Gasteiger partial charge in [-0.15, -0.1) is 0 Å². The molecule has 0 aliphatic heterocycles. The van der Waals surface area contributed by atoms with Gasteiger partial charge in [0.2, 0.25) is 0 Å². The molecule has 0 bridgehead atoms. The standard InChI is InChI=1S/C23H25N3O2/c1-15-9-10-21(11-16(15)2)26-17(3)12-20(18(26)4)14-24-25-23(27)19-7-6-8-22(13-19)28-5/h6-14H,1-5H3,(H,25,27)/b24-14-. The molecule has 0 saturated carbocycles. The second kappa shape index (κ2) is 8.13. The van der Waals surface area contributed by atoms with Gasteiger partial charge in [0.1, 0.15) is 5.75 Å². The topological polar surface area (TPSA) is 55.6 Å². The van der Waals surface area contributed by atoms with Crippen molar-refractivity contribution in [2.75, 3.05) is 7.11 Å². The Morgan fingerprint density at radius 1 is 1.04 bits per heavy atom. The predicted octanol–water partition coefficient (Wildman–Crippen LogP) is 4.48. The number of aromatic nitrogens is 1. The molecule has 1 amide bonds. The van der Waals surface area contributed by atoms with Crippen LogP contribution in [0, 0.1) is 27.7 Å². The molecule has 2 aromatic carbocycles. The number of rotatable bonds is 5. The molecule has 5 nitrogen and oxygen atoms in total. The zero-order valence-corrected chi connectivity index (χ0v) is 16.9. The summed E-state index contributed by atoms with van der Waals surface area (Å²) in [5.41, 5.74) is 9.87. The van der Waals surface area contributed by atoms with Crippen molar-refractivity contribution in [1.82, 2.24) is 9.99 Å². The van der Waals surface area contributed by atoms with E-state index in [1.165, 1.54) is 11.1 Å². The molecule has 0 aliphatic carbocycles. The summed E-state index contributed by atoms with van der Waals surface area (Å²) in [5.74, 6) is 0.353. The molecule has 0 aliphatic rings. The highest BCUT2D eigenvalue weighted by molar-refractivity contribution is 5.95. The van der Waals surface area contributed by atoms with Crippen molar-refractivity contribution in [3.05, 3.63) is 82.2 Å². The van der Waals surface area contributed by atoms with E-state index >= 15 is 0 Å². The van der Waals surface area contributed by atoms with Gasteiger partial charge < -0.3 is 9.30 Å². The second-order valence-electron chi connectivity index (χ2n) is 6.86. The fraction of sp³-hybridized carbons (Fsp3) is 0.217. The molecule has 0 saturated heterocycles. The molecule has 3 rings (SSSR count). The molecular formula is C23H25N3O2. The van der Waals surface area contributed by atoms with Gasteiger partial charge in [-0.2, -0.15) is 5.10 Å². The Morgan fingerprint density at radius 3 is 2.54 bits per heavy atom. The first kappa shape index (κ1) is 19.4. The van der Waals surface area contributed by atoms with Crippen LogP contribution in [-0.4, -0.2) is 23.8 Å². The lowest BCUT2D eigenvalue weighted by atomic mass is 10.1. The molecule has 0 spiro atoms. The second-order valence-corrected chi connectivity index (χ2v) is 6.86. The smallest absolute Gasteiger partial charge is 0.271 e. The molecule has 3 aromatic rings. The number of aryl methyl sites for hydroxylation is 3. The molecule has 0 unspecified atom stereocenters. The van der Waals surface area contributed by atoms with Gasteiger partial charge in [-0.3, -0.25) is 4.79 Å². The maximum absolute atomic E-state index is 12.3. The van der Waals surface area contributed by atoms with Gasteiger partial charge in [0.05, 0.1) is 13.3 Å². The van der Waals surface area contributed by atoms with E-state index < -0.39 is 0 Å². The summed E-state index contributed by atoms with van der Waals surface area (Å²) in [4.78, 5) is 12.3. The minimum absolute atomic E-state index is 0.280. The van der Waals surface area contributed by atoms with Crippen LogP contribution in [0.4, 0.5) is 0 Å². The van der Waals surface area contributed by atoms with Crippen LogP contribution in [0.5, 0.6) is 5.75 Å². The summed E-state index contributed by atoms with van der Waals surface area (Å²) >= 11 is 0. The monoisotopic (exact) mass is 375 g/mol. The van der Waals surface area contributed by atoms with Crippen molar-refractivity contribution in [3.63, 3.8) is 0 Å². The minimum atomic E-state index is -0.280. The molecule has 28 heavy (non-hydrogen) atoms. The lowest BCUT2D eigenvalue weighted by molar-refractivity contribution is 0.0955. The van der Waals surface area contributed by atoms with E-state index in [1.807, 2.05) is 6.92 Å². The molecule has 144 valence electrons. The van der Waals surface area contributed by atoms with Crippen molar-refractivity contribution in [2.45, 2.75) is 27.7 Å². The number of ether oxygens (including phenoxy) is 1. The van der Waals surface area contributed by atoms with Crippen molar-refractivity contribution < 1.29 is 9.53 Å². The minimum Gasteiger partial charge on any atom is -0.497 e. The summed E-state index contributed by atoms with van der Waals surface area (Å²) in [6.07, 6.45) is 1.68. The van der Waals surface area contributed by atoms with Crippen LogP contribution >= 0.6 is 0 Å². The first-order chi connectivity index (χ1) is 13.4. The van der Waals surface area contributed by atoms with Gasteiger partial charge >= 0.3 is 0 Å². The first-order valence-corrected chi connectivity index (χ1v) is 9.14. The molecule has 1 heterocycles. The molecule has 5 heteroatoms. The lowest BCUT2D eigenvalue weighted by Gasteiger charge is -2.11. The maximum atomic E-state index is 12.3. The number of hydrogen-bond acceptors (Lipinski definition) is 3. The molecule has 0 atom stereocenters. The van der Waals surface area contributed by atoms with E-state index in [2.05, 4.69) is 60.1 Å². The predicted molar refractivity (Wildman–Crippen MR) is 113 cm³/mol. The van der Waals surface area contributed by atoms with Crippen molar-refractivity contribution in [2.24, 2.45) is 5.10 Å². The SMILES string of the molecule is COc1cccc(C(=O)N/N=C\c2cc(C)n(-c3ccc(C)c(C)c3)c2C)c1. The summed E-state index contributed by atoms with van der Waals surface area (Å²) in [6.45, 7) is 8.34. The zero-order chi connectivity index (χ0) is 20.3. The molecular weight excluding hydrogens is 350 g/mol. The van der Waals surface area contributed by atoms with E-state index in [0.29, 0.717) is 11.3 Å². The Hall–Kier alpha value is -3.34. The summed E-state index contributed by atoms with van der Waals surface area (Å²) in [7, 11) is 1.57. The van der Waals surface area contributed by atoms with E-state index in [1.54, 1.807) is 37.6 Å². The molecule has 0 radical (unpaired) electrons. The van der Waals surface area contributed by atoms with Crippen LogP contribution < -0.4 is 10.2 Å². The maximum Gasteiger partial charge on any atom is 0.271 e. The summed E-state index contributed by atoms with van der Waals surface area (Å²) in [6, 6.07) is 15.5. The van der Waals surface area contributed by atoms with Crippen molar-refractivity contribution in [3.8, 4) is 11.4 Å². The number of carbonyl (C=O) groups excluding carboxylic acids is 1. The number of methoxy groups -OCH3 is 1. The Balaban J connectivity index is 1.79. The van der Waals surface area contributed by atoms with Gasteiger partial charge in [-0.25, -0.2) is 5.43 Å². The Morgan fingerprint density at radius 2 is 1.82 bits per heavy atom. The number of amides is 1. The van der Waals surface area contributed by atoms with Gasteiger partial charge in [-0.05, 0) is 75.2 Å². The van der Waals surface area contributed by atoms with Gasteiger partial charge in [-0.1, -0.05) is 12.1 Å². The highest BCUT2D eigenvalue weighted by Crippen LogP contribution is 2.22. The van der Waals surface area contributed by atoms with Gasteiger partial charge in [0.25, 0.3) is 5.91 Å². The molecule has 0 fully saturated rings. The Bertz CT molecular complexity index is 1050. The van der Waals surface area contributed by atoms with Gasteiger partial charge in [0, 0.05) is 28.2 Å². The van der Waals surface area contributed by atoms with Crippen LogP contribution in [0.1, 0.15) is 38.4 Å². The van der Waals surface area contributed by atoms with Crippen LogP contribution in [0.2, 0.25) is 0 Å². The number of nitrogens with one attached hydrogen (secondary N) is 1. The third-order valence-corrected chi connectivity index (χ3v) is 4.92. The highest BCUT2D eigenvalue weighted by atomic mass is 16.5. The molecule has 1 aromatic heterocycles. The average molecular weight is 375 g/mol. The Kier molecular flexibility index (Phi) is 5.64. The third kappa shape index (κ3) is 3.98. The van der Waals surface area contributed by atoms with Crippen LogP contribution in [0.3, 0.4) is 0 Å². The van der Waals surface area contributed by atoms with Crippen molar-refractivity contribution >= 4 is 12.1 Å². The van der Waals surface area contributed by atoms with E-state index in [4.69, 9.17) is 4.74 Å².